The van der Waals surface area contributed by atoms with Gasteiger partial charge in [-0.2, -0.15) is 0 Å². The SMILES string of the molecule is CCC1=C(CCN)c2cc(F)ccc2C1=Cc1ccc(SC)cc1. The molecule has 0 radical (unpaired) electrons. The van der Waals surface area contributed by atoms with Crippen LogP contribution >= 0.6 is 11.8 Å². The lowest BCUT2D eigenvalue weighted by atomic mass is 9.98. The van der Waals surface area contributed by atoms with E-state index in [4.69, 9.17) is 5.73 Å². The van der Waals surface area contributed by atoms with Crippen LogP contribution in [-0.2, 0) is 0 Å². The molecule has 1 aliphatic carbocycles. The molecular formula is C21H22FNS. The average Bonchev–Trinajstić information content (AvgIpc) is 2.88. The van der Waals surface area contributed by atoms with Gasteiger partial charge in [-0.3, -0.25) is 0 Å². The number of allylic oxidation sites excluding steroid dienone is 2. The fourth-order valence-electron chi connectivity index (χ4n) is 3.35. The Balaban J connectivity index is 2.13. The molecule has 0 unspecified atom stereocenters. The minimum Gasteiger partial charge on any atom is -0.330 e. The summed E-state index contributed by atoms with van der Waals surface area (Å²) in [5, 5.41) is 0. The fourth-order valence-corrected chi connectivity index (χ4v) is 3.76. The second-order valence-corrected chi connectivity index (χ2v) is 6.75. The second-order valence-electron chi connectivity index (χ2n) is 5.87. The summed E-state index contributed by atoms with van der Waals surface area (Å²) in [6.07, 6.45) is 5.98. The molecule has 0 heterocycles. The van der Waals surface area contributed by atoms with E-state index in [0.29, 0.717) is 6.54 Å². The third-order valence-electron chi connectivity index (χ3n) is 4.46. The Hall–Kier alpha value is -1.84. The van der Waals surface area contributed by atoms with Crippen molar-refractivity contribution in [3.8, 4) is 0 Å². The molecule has 0 atom stereocenters. The lowest BCUT2D eigenvalue weighted by molar-refractivity contribution is 0.627. The van der Waals surface area contributed by atoms with Gasteiger partial charge in [0.25, 0.3) is 0 Å². The van der Waals surface area contributed by atoms with Crippen molar-refractivity contribution >= 4 is 29.0 Å². The van der Waals surface area contributed by atoms with Gasteiger partial charge in [0, 0.05) is 4.90 Å². The van der Waals surface area contributed by atoms with Gasteiger partial charge in [-0.15, -0.1) is 11.8 Å². The average molecular weight is 339 g/mol. The maximum Gasteiger partial charge on any atom is 0.123 e. The molecule has 124 valence electrons. The van der Waals surface area contributed by atoms with Gasteiger partial charge in [-0.1, -0.05) is 25.1 Å². The minimum absolute atomic E-state index is 0.190. The number of hydrogen-bond donors (Lipinski definition) is 1. The van der Waals surface area contributed by atoms with E-state index in [0.717, 1.165) is 29.5 Å². The van der Waals surface area contributed by atoms with Crippen molar-refractivity contribution in [3.63, 3.8) is 0 Å². The van der Waals surface area contributed by atoms with Gasteiger partial charge in [0.2, 0.25) is 0 Å². The van der Waals surface area contributed by atoms with Crippen molar-refractivity contribution < 1.29 is 4.39 Å². The molecule has 3 heteroatoms. The molecule has 0 amide bonds. The zero-order chi connectivity index (χ0) is 17.1. The topological polar surface area (TPSA) is 26.0 Å². The molecule has 24 heavy (non-hydrogen) atoms. The zero-order valence-corrected chi connectivity index (χ0v) is 14.9. The van der Waals surface area contributed by atoms with Gasteiger partial charge in [-0.25, -0.2) is 4.39 Å². The van der Waals surface area contributed by atoms with Gasteiger partial charge in [0.15, 0.2) is 0 Å². The standard InChI is InChI=1S/C21H22FNS/c1-3-17-19(10-11-23)21-13-15(22)6-9-18(21)20(17)12-14-4-7-16(24-2)8-5-14/h4-9,12-13H,3,10-11,23H2,1-2H3. The number of hydrogen-bond acceptors (Lipinski definition) is 2. The second kappa shape index (κ2) is 7.37. The van der Waals surface area contributed by atoms with Crippen LogP contribution in [0.4, 0.5) is 4.39 Å². The van der Waals surface area contributed by atoms with E-state index in [1.165, 1.54) is 21.6 Å². The molecular weight excluding hydrogens is 317 g/mol. The highest BCUT2D eigenvalue weighted by molar-refractivity contribution is 7.98. The molecule has 1 nitrogen and oxygen atoms in total. The smallest absolute Gasteiger partial charge is 0.123 e. The molecule has 0 aliphatic heterocycles. The maximum absolute atomic E-state index is 13.8. The highest BCUT2D eigenvalue weighted by Crippen LogP contribution is 2.45. The molecule has 0 bridgehead atoms. The molecule has 2 N–H and O–H groups in total. The van der Waals surface area contributed by atoms with Crippen LogP contribution in [0, 0.1) is 5.82 Å². The Morgan fingerprint density at radius 3 is 2.42 bits per heavy atom. The van der Waals surface area contributed by atoms with E-state index in [-0.39, 0.29) is 5.82 Å². The van der Waals surface area contributed by atoms with E-state index >= 15 is 0 Å². The van der Waals surface area contributed by atoms with Crippen LogP contribution in [-0.4, -0.2) is 12.8 Å². The first-order valence-corrected chi connectivity index (χ1v) is 9.49. The molecule has 0 saturated carbocycles. The Kier molecular flexibility index (Phi) is 5.22. The van der Waals surface area contributed by atoms with Crippen molar-refractivity contribution in [2.45, 2.75) is 24.7 Å². The molecule has 0 spiro atoms. The van der Waals surface area contributed by atoms with Gasteiger partial charge in [-0.05, 0) is 89.4 Å². The summed E-state index contributed by atoms with van der Waals surface area (Å²) in [6, 6.07) is 13.6. The fraction of sp³-hybridized carbons (Fsp3) is 0.238. The first-order valence-electron chi connectivity index (χ1n) is 8.26. The Bertz CT molecular complexity index is 803. The van der Waals surface area contributed by atoms with Gasteiger partial charge in [0.1, 0.15) is 5.82 Å². The normalized spacial score (nSPS) is 15.2. The monoisotopic (exact) mass is 339 g/mol. The molecule has 0 saturated heterocycles. The minimum atomic E-state index is -0.190. The van der Waals surface area contributed by atoms with E-state index in [1.54, 1.807) is 23.9 Å². The maximum atomic E-state index is 13.8. The summed E-state index contributed by atoms with van der Waals surface area (Å²) in [5.41, 5.74) is 12.8. The first-order chi connectivity index (χ1) is 11.7. The van der Waals surface area contributed by atoms with Crippen molar-refractivity contribution in [2.24, 2.45) is 5.73 Å². The summed E-state index contributed by atoms with van der Waals surface area (Å²) in [5.74, 6) is -0.190. The van der Waals surface area contributed by atoms with Gasteiger partial charge in [0.05, 0.1) is 0 Å². The van der Waals surface area contributed by atoms with Gasteiger partial charge < -0.3 is 5.73 Å². The van der Waals surface area contributed by atoms with Crippen LogP contribution in [0.1, 0.15) is 36.5 Å². The van der Waals surface area contributed by atoms with E-state index in [9.17, 15) is 4.39 Å². The Morgan fingerprint density at radius 2 is 1.79 bits per heavy atom. The van der Waals surface area contributed by atoms with Crippen molar-refractivity contribution in [1.29, 1.82) is 0 Å². The first kappa shape index (κ1) is 17.0. The Labute approximate surface area is 147 Å². The summed E-state index contributed by atoms with van der Waals surface area (Å²) in [6.45, 7) is 2.73. The van der Waals surface area contributed by atoms with Gasteiger partial charge >= 0.3 is 0 Å². The predicted molar refractivity (Wildman–Crippen MR) is 103 cm³/mol. The van der Waals surface area contributed by atoms with Crippen LogP contribution in [0.5, 0.6) is 0 Å². The third-order valence-corrected chi connectivity index (χ3v) is 5.20. The largest absolute Gasteiger partial charge is 0.330 e. The molecule has 0 aromatic heterocycles. The summed E-state index contributed by atoms with van der Waals surface area (Å²) in [7, 11) is 0. The molecule has 2 aromatic rings. The number of nitrogens with two attached hydrogens (primary N) is 1. The van der Waals surface area contributed by atoms with Crippen molar-refractivity contribution in [2.75, 3.05) is 12.8 Å². The van der Waals surface area contributed by atoms with Crippen molar-refractivity contribution in [3.05, 3.63) is 70.5 Å². The van der Waals surface area contributed by atoms with E-state index in [1.807, 2.05) is 6.07 Å². The van der Waals surface area contributed by atoms with Crippen LogP contribution in [0.3, 0.4) is 0 Å². The highest BCUT2D eigenvalue weighted by Gasteiger charge is 2.25. The number of rotatable bonds is 5. The van der Waals surface area contributed by atoms with Crippen LogP contribution < -0.4 is 5.73 Å². The summed E-state index contributed by atoms with van der Waals surface area (Å²) in [4.78, 5) is 1.25. The summed E-state index contributed by atoms with van der Waals surface area (Å²) < 4.78 is 13.8. The number of benzene rings is 2. The van der Waals surface area contributed by atoms with Crippen LogP contribution in [0.25, 0.3) is 17.2 Å². The highest BCUT2D eigenvalue weighted by atomic mass is 32.2. The summed E-state index contributed by atoms with van der Waals surface area (Å²) >= 11 is 1.74. The molecule has 1 aliphatic rings. The van der Waals surface area contributed by atoms with E-state index < -0.39 is 0 Å². The van der Waals surface area contributed by atoms with Crippen LogP contribution in [0.2, 0.25) is 0 Å². The molecule has 2 aromatic carbocycles. The van der Waals surface area contributed by atoms with E-state index in [2.05, 4.69) is 43.5 Å². The number of halogens is 1. The molecule has 3 rings (SSSR count). The quantitative estimate of drug-likeness (QED) is 0.716. The number of thioether (sulfide) groups is 1. The lowest BCUT2D eigenvalue weighted by Crippen LogP contribution is -2.00. The molecule has 0 fully saturated rings. The number of fused-ring (bicyclic) bond motifs is 1. The Morgan fingerprint density at radius 1 is 1.04 bits per heavy atom. The van der Waals surface area contributed by atoms with Crippen LogP contribution in [0.15, 0.2) is 52.9 Å². The zero-order valence-electron chi connectivity index (χ0n) is 14.1. The lowest BCUT2D eigenvalue weighted by Gasteiger charge is -2.07. The van der Waals surface area contributed by atoms with Crippen molar-refractivity contribution in [1.82, 2.24) is 0 Å². The predicted octanol–water partition coefficient (Wildman–Crippen LogP) is 5.61. The third kappa shape index (κ3) is 3.19.